The van der Waals surface area contributed by atoms with Gasteiger partial charge in [0.05, 0.1) is 49.0 Å². The fraction of sp³-hybridized carbons (Fsp3) is 0.333. The van der Waals surface area contributed by atoms with Crippen molar-refractivity contribution in [3.05, 3.63) is 59.4 Å². The molecule has 9 heteroatoms. The molecule has 0 atom stereocenters. The number of aromatic nitrogens is 2. The molecule has 6 rings (SSSR count). The molecular formula is C27H28FN5O2S. The SMILES string of the molecule is Cc1c(-c2nccs2)nc2cc(F)ccc2c1Nc1cc(N2CCOCC2)ccc1N1CCOCC1. The molecule has 2 aliphatic heterocycles. The number of nitrogens with zero attached hydrogens (tertiary/aromatic N) is 4. The van der Waals surface area contributed by atoms with Crippen LogP contribution < -0.4 is 15.1 Å². The number of nitrogens with one attached hydrogen (secondary N) is 1. The van der Waals surface area contributed by atoms with Gasteiger partial charge in [0.15, 0.2) is 0 Å². The molecule has 0 unspecified atom stereocenters. The molecule has 2 aromatic carbocycles. The Balaban J connectivity index is 1.49. The van der Waals surface area contributed by atoms with Gasteiger partial charge in [0.2, 0.25) is 0 Å². The molecule has 0 aliphatic carbocycles. The standard InChI is InChI=1S/C27H28FN5O2S/c1-18-25(21-4-2-19(28)16-22(21)30-26(18)27-29-6-15-36-27)31-23-17-20(32-7-11-34-12-8-32)3-5-24(23)33-9-13-35-14-10-33/h2-6,15-17H,7-14H2,1H3,(H,30,31). The van der Waals surface area contributed by atoms with E-state index >= 15 is 0 Å². The van der Waals surface area contributed by atoms with Gasteiger partial charge in [-0.05, 0) is 37.3 Å². The molecule has 0 bridgehead atoms. The fourth-order valence-corrected chi connectivity index (χ4v) is 5.58. The Labute approximate surface area is 213 Å². The Hall–Kier alpha value is -3.27. The Bertz CT molecular complexity index is 1370. The highest BCUT2D eigenvalue weighted by Gasteiger charge is 2.21. The monoisotopic (exact) mass is 505 g/mol. The lowest BCUT2D eigenvalue weighted by molar-refractivity contribution is 0.122. The number of morpholine rings is 2. The van der Waals surface area contributed by atoms with Crippen LogP contribution in [-0.2, 0) is 9.47 Å². The number of rotatable bonds is 5. The summed E-state index contributed by atoms with van der Waals surface area (Å²) in [6, 6.07) is 11.4. The van der Waals surface area contributed by atoms with Crippen LogP contribution in [0.3, 0.4) is 0 Å². The predicted octanol–water partition coefficient (Wildman–Crippen LogP) is 5.22. The zero-order chi connectivity index (χ0) is 24.5. The third-order valence-corrected chi connectivity index (χ3v) is 7.57. The number of halogens is 1. The molecule has 4 aromatic rings. The second-order valence-electron chi connectivity index (χ2n) is 8.98. The molecular weight excluding hydrogens is 477 g/mol. The van der Waals surface area contributed by atoms with Gasteiger partial charge in [-0.2, -0.15) is 0 Å². The van der Waals surface area contributed by atoms with Crippen LogP contribution in [0.2, 0.25) is 0 Å². The third kappa shape index (κ3) is 4.50. The normalized spacial score (nSPS) is 16.5. The number of ether oxygens (including phenoxy) is 2. The maximum absolute atomic E-state index is 14.2. The summed E-state index contributed by atoms with van der Waals surface area (Å²) >= 11 is 1.53. The predicted molar refractivity (Wildman–Crippen MR) is 143 cm³/mol. The molecule has 0 amide bonds. The van der Waals surface area contributed by atoms with Crippen LogP contribution in [0.15, 0.2) is 48.0 Å². The van der Waals surface area contributed by atoms with E-state index in [9.17, 15) is 4.39 Å². The molecule has 4 heterocycles. The molecule has 1 N–H and O–H groups in total. The van der Waals surface area contributed by atoms with Crippen LogP contribution in [0.5, 0.6) is 0 Å². The lowest BCUT2D eigenvalue weighted by Gasteiger charge is -2.33. The molecule has 0 spiro atoms. The average molecular weight is 506 g/mol. The van der Waals surface area contributed by atoms with E-state index in [1.165, 1.54) is 23.5 Å². The van der Waals surface area contributed by atoms with E-state index in [4.69, 9.17) is 14.5 Å². The summed E-state index contributed by atoms with van der Waals surface area (Å²) in [5.41, 5.74) is 6.55. The zero-order valence-corrected chi connectivity index (χ0v) is 21.0. The number of hydrogen-bond acceptors (Lipinski definition) is 8. The van der Waals surface area contributed by atoms with E-state index < -0.39 is 0 Å². The van der Waals surface area contributed by atoms with E-state index in [-0.39, 0.29) is 5.82 Å². The first kappa shape index (κ1) is 23.1. The molecule has 7 nitrogen and oxygen atoms in total. The van der Waals surface area contributed by atoms with Gasteiger partial charge in [0.25, 0.3) is 0 Å². The summed E-state index contributed by atoms with van der Waals surface area (Å²) in [5, 5.41) is 7.38. The van der Waals surface area contributed by atoms with Crippen molar-refractivity contribution >= 4 is 45.0 Å². The second kappa shape index (κ2) is 10.0. The van der Waals surface area contributed by atoms with Crippen molar-refractivity contribution in [3.63, 3.8) is 0 Å². The highest BCUT2D eigenvalue weighted by Crippen LogP contribution is 2.40. The van der Waals surface area contributed by atoms with Crippen LogP contribution in [0.1, 0.15) is 5.56 Å². The van der Waals surface area contributed by atoms with E-state index in [0.717, 1.165) is 83.8 Å². The Morgan fingerprint density at radius 3 is 2.42 bits per heavy atom. The van der Waals surface area contributed by atoms with Crippen molar-refractivity contribution < 1.29 is 13.9 Å². The molecule has 0 saturated carbocycles. The number of fused-ring (bicyclic) bond motifs is 1. The first-order valence-electron chi connectivity index (χ1n) is 12.2. The van der Waals surface area contributed by atoms with Crippen molar-refractivity contribution in [1.82, 2.24) is 9.97 Å². The Morgan fingerprint density at radius 2 is 1.69 bits per heavy atom. The van der Waals surface area contributed by atoms with Gasteiger partial charge in [-0.1, -0.05) is 0 Å². The minimum Gasteiger partial charge on any atom is -0.378 e. The number of anilines is 4. The smallest absolute Gasteiger partial charge is 0.142 e. The molecule has 186 valence electrons. The second-order valence-corrected chi connectivity index (χ2v) is 9.88. The first-order valence-corrected chi connectivity index (χ1v) is 13.1. The summed E-state index contributed by atoms with van der Waals surface area (Å²) in [6.07, 6.45) is 1.77. The number of thiazole rings is 1. The number of benzene rings is 2. The van der Waals surface area contributed by atoms with E-state index in [1.54, 1.807) is 12.3 Å². The summed E-state index contributed by atoms with van der Waals surface area (Å²) in [4.78, 5) is 14.0. The van der Waals surface area contributed by atoms with Crippen molar-refractivity contribution in [2.75, 3.05) is 67.7 Å². The highest BCUT2D eigenvalue weighted by atomic mass is 32.1. The van der Waals surface area contributed by atoms with E-state index in [2.05, 4.69) is 45.2 Å². The van der Waals surface area contributed by atoms with Gasteiger partial charge >= 0.3 is 0 Å². The lowest BCUT2D eigenvalue weighted by atomic mass is 10.1. The fourth-order valence-electron chi connectivity index (χ4n) is 4.90. The Kier molecular flexibility index (Phi) is 6.43. The van der Waals surface area contributed by atoms with Crippen LogP contribution in [0, 0.1) is 12.7 Å². The Morgan fingerprint density at radius 1 is 0.944 bits per heavy atom. The minimum absolute atomic E-state index is 0.307. The van der Waals surface area contributed by atoms with Crippen molar-refractivity contribution in [2.24, 2.45) is 0 Å². The van der Waals surface area contributed by atoms with Gasteiger partial charge in [0, 0.05) is 60.5 Å². The summed E-state index contributed by atoms with van der Waals surface area (Å²) in [6.45, 7) is 8.30. The first-order chi connectivity index (χ1) is 17.7. The van der Waals surface area contributed by atoms with Crippen molar-refractivity contribution in [3.8, 4) is 10.7 Å². The van der Waals surface area contributed by atoms with Gasteiger partial charge in [-0.3, -0.25) is 0 Å². The summed E-state index contributed by atoms with van der Waals surface area (Å²) in [5.74, 6) is -0.307. The van der Waals surface area contributed by atoms with E-state index in [0.29, 0.717) is 18.7 Å². The van der Waals surface area contributed by atoms with Crippen LogP contribution in [0.4, 0.5) is 27.1 Å². The lowest BCUT2D eigenvalue weighted by Crippen LogP contribution is -2.37. The molecule has 2 aliphatic rings. The van der Waals surface area contributed by atoms with Gasteiger partial charge in [-0.15, -0.1) is 11.3 Å². The minimum atomic E-state index is -0.307. The van der Waals surface area contributed by atoms with Gasteiger partial charge < -0.3 is 24.6 Å². The number of hydrogen-bond donors (Lipinski definition) is 1. The molecule has 2 fully saturated rings. The van der Waals surface area contributed by atoms with Crippen LogP contribution in [0.25, 0.3) is 21.6 Å². The maximum Gasteiger partial charge on any atom is 0.142 e. The van der Waals surface area contributed by atoms with Crippen LogP contribution >= 0.6 is 11.3 Å². The summed E-state index contributed by atoms with van der Waals surface area (Å²) in [7, 11) is 0. The molecule has 0 radical (unpaired) electrons. The third-order valence-electron chi connectivity index (χ3n) is 6.79. The van der Waals surface area contributed by atoms with Crippen molar-refractivity contribution in [1.29, 1.82) is 0 Å². The van der Waals surface area contributed by atoms with Crippen LogP contribution in [-0.4, -0.2) is 62.6 Å². The van der Waals surface area contributed by atoms with Crippen molar-refractivity contribution in [2.45, 2.75) is 6.92 Å². The quantitative estimate of drug-likeness (QED) is 0.399. The highest BCUT2D eigenvalue weighted by molar-refractivity contribution is 7.13. The zero-order valence-electron chi connectivity index (χ0n) is 20.2. The molecule has 36 heavy (non-hydrogen) atoms. The van der Waals surface area contributed by atoms with Gasteiger partial charge in [-0.25, -0.2) is 14.4 Å². The van der Waals surface area contributed by atoms with Gasteiger partial charge in [0.1, 0.15) is 16.5 Å². The number of pyridine rings is 1. The summed E-state index contributed by atoms with van der Waals surface area (Å²) < 4.78 is 25.4. The maximum atomic E-state index is 14.2. The topological polar surface area (TPSA) is 62.8 Å². The average Bonchev–Trinajstić information content (AvgIpc) is 3.46. The molecule has 2 saturated heterocycles. The largest absolute Gasteiger partial charge is 0.378 e. The van der Waals surface area contributed by atoms with E-state index in [1.807, 2.05) is 5.38 Å². The molecule has 2 aromatic heterocycles.